The van der Waals surface area contributed by atoms with Crippen LogP contribution in [0.5, 0.6) is 0 Å². The van der Waals surface area contributed by atoms with Crippen molar-refractivity contribution in [3.05, 3.63) is 28.8 Å². The Balaban J connectivity index is 2.49. The van der Waals surface area contributed by atoms with Crippen LogP contribution in [0.2, 0.25) is 5.02 Å². The molecule has 1 aromatic carbocycles. The van der Waals surface area contributed by atoms with Crippen molar-refractivity contribution in [2.24, 2.45) is 0 Å². The summed E-state index contributed by atoms with van der Waals surface area (Å²) in [5, 5.41) is -0.115. The van der Waals surface area contributed by atoms with E-state index >= 15 is 0 Å². The number of aryl methyl sites for hydroxylation is 1. The van der Waals surface area contributed by atoms with E-state index in [0.717, 1.165) is 37.1 Å². The number of aromatic nitrogens is 2. The second kappa shape index (κ2) is 6.10. The number of alkyl halides is 1. The standard InChI is InChI=1S/C14H17Cl2FN2/c1-3-4-5-6-19-13-8-11(17)10(16)7-12(13)18-14(19)9(2)15/h7-9H,3-6H2,1-2H3. The van der Waals surface area contributed by atoms with Gasteiger partial charge in [-0.3, -0.25) is 0 Å². The van der Waals surface area contributed by atoms with Crippen LogP contribution in [0.4, 0.5) is 4.39 Å². The van der Waals surface area contributed by atoms with Crippen molar-refractivity contribution in [1.82, 2.24) is 9.55 Å². The average Bonchev–Trinajstić information content (AvgIpc) is 2.69. The number of nitrogens with zero attached hydrogens (tertiary/aromatic N) is 2. The van der Waals surface area contributed by atoms with Gasteiger partial charge in [-0.25, -0.2) is 9.37 Å². The van der Waals surface area contributed by atoms with Crippen LogP contribution in [0.3, 0.4) is 0 Å². The summed E-state index contributed by atoms with van der Waals surface area (Å²) in [5.41, 5.74) is 1.46. The van der Waals surface area contributed by atoms with Gasteiger partial charge in [0.15, 0.2) is 0 Å². The zero-order valence-corrected chi connectivity index (χ0v) is 12.6. The Morgan fingerprint density at radius 2 is 2.11 bits per heavy atom. The smallest absolute Gasteiger partial charge is 0.144 e. The Kier molecular flexibility index (Phi) is 4.69. The van der Waals surface area contributed by atoms with Crippen LogP contribution in [0.15, 0.2) is 12.1 Å². The molecule has 0 amide bonds. The van der Waals surface area contributed by atoms with E-state index in [1.807, 2.05) is 11.5 Å². The van der Waals surface area contributed by atoms with Crippen molar-refractivity contribution in [3.63, 3.8) is 0 Å². The maximum atomic E-state index is 13.6. The monoisotopic (exact) mass is 302 g/mol. The molecule has 19 heavy (non-hydrogen) atoms. The van der Waals surface area contributed by atoms with Crippen molar-refractivity contribution < 1.29 is 4.39 Å². The summed E-state index contributed by atoms with van der Waals surface area (Å²) in [6, 6.07) is 3.00. The molecular weight excluding hydrogens is 286 g/mol. The molecule has 0 aliphatic rings. The molecule has 0 saturated carbocycles. The van der Waals surface area contributed by atoms with E-state index in [2.05, 4.69) is 11.9 Å². The predicted octanol–water partition coefficient (Wildman–Crippen LogP) is 5.32. The molecule has 0 bridgehead atoms. The Hall–Kier alpha value is -0.800. The molecule has 1 atom stereocenters. The lowest BCUT2D eigenvalue weighted by Gasteiger charge is -2.10. The number of rotatable bonds is 5. The van der Waals surface area contributed by atoms with Gasteiger partial charge in [0.2, 0.25) is 0 Å². The third kappa shape index (κ3) is 3.03. The van der Waals surface area contributed by atoms with Crippen LogP contribution in [0, 0.1) is 5.82 Å². The van der Waals surface area contributed by atoms with E-state index in [-0.39, 0.29) is 10.4 Å². The molecule has 0 radical (unpaired) electrons. The van der Waals surface area contributed by atoms with Gasteiger partial charge in [-0.1, -0.05) is 31.4 Å². The van der Waals surface area contributed by atoms with Crippen LogP contribution in [-0.4, -0.2) is 9.55 Å². The lowest BCUT2D eigenvalue weighted by Crippen LogP contribution is -2.04. The largest absolute Gasteiger partial charge is 0.327 e. The van der Waals surface area contributed by atoms with Crippen molar-refractivity contribution >= 4 is 34.2 Å². The zero-order valence-electron chi connectivity index (χ0n) is 11.1. The van der Waals surface area contributed by atoms with Gasteiger partial charge in [-0.05, 0) is 19.4 Å². The molecule has 0 aliphatic carbocycles. The van der Waals surface area contributed by atoms with Gasteiger partial charge in [0.05, 0.1) is 21.4 Å². The Labute approximate surface area is 122 Å². The van der Waals surface area contributed by atoms with E-state index in [0.29, 0.717) is 5.52 Å². The molecule has 0 spiro atoms. The highest BCUT2D eigenvalue weighted by molar-refractivity contribution is 6.31. The van der Waals surface area contributed by atoms with Crippen molar-refractivity contribution in [2.75, 3.05) is 0 Å². The summed E-state index contributed by atoms with van der Waals surface area (Å²) >= 11 is 12.0. The van der Waals surface area contributed by atoms with Crippen LogP contribution in [0.25, 0.3) is 11.0 Å². The van der Waals surface area contributed by atoms with E-state index in [1.54, 1.807) is 6.07 Å². The number of hydrogen-bond donors (Lipinski definition) is 0. The number of hydrogen-bond acceptors (Lipinski definition) is 1. The Bertz CT molecular complexity index is 578. The summed E-state index contributed by atoms with van der Waals surface area (Å²) in [6.07, 6.45) is 3.30. The minimum Gasteiger partial charge on any atom is -0.327 e. The molecule has 2 aromatic rings. The van der Waals surface area contributed by atoms with Gasteiger partial charge in [-0.15, -0.1) is 11.6 Å². The highest BCUT2D eigenvalue weighted by atomic mass is 35.5. The number of imidazole rings is 1. The second-order valence-corrected chi connectivity index (χ2v) is 5.76. The van der Waals surface area contributed by atoms with Crippen LogP contribution >= 0.6 is 23.2 Å². The summed E-state index contributed by atoms with van der Waals surface area (Å²) < 4.78 is 15.6. The molecule has 0 aliphatic heterocycles. The number of halogens is 3. The van der Waals surface area contributed by atoms with E-state index in [9.17, 15) is 4.39 Å². The normalized spacial score (nSPS) is 13.1. The van der Waals surface area contributed by atoms with Crippen molar-refractivity contribution in [2.45, 2.75) is 45.0 Å². The third-order valence-corrected chi connectivity index (χ3v) is 3.65. The first-order chi connectivity index (χ1) is 9.04. The molecule has 1 aromatic heterocycles. The SMILES string of the molecule is CCCCCn1c(C(C)Cl)nc2cc(Cl)c(F)cc21. The Morgan fingerprint density at radius 3 is 2.74 bits per heavy atom. The molecule has 2 rings (SSSR count). The second-order valence-electron chi connectivity index (χ2n) is 4.70. The van der Waals surface area contributed by atoms with Gasteiger partial charge in [0, 0.05) is 12.6 Å². The van der Waals surface area contributed by atoms with Crippen LogP contribution in [-0.2, 0) is 6.54 Å². The Morgan fingerprint density at radius 1 is 1.37 bits per heavy atom. The minimum absolute atomic E-state index is 0.0967. The highest BCUT2D eigenvalue weighted by Crippen LogP contribution is 2.28. The molecule has 1 heterocycles. The molecule has 0 fully saturated rings. The summed E-state index contributed by atoms with van der Waals surface area (Å²) in [7, 11) is 0. The van der Waals surface area contributed by atoms with Crippen LogP contribution < -0.4 is 0 Å². The van der Waals surface area contributed by atoms with E-state index in [1.165, 1.54) is 6.07 Å². The van der Waals surface area contributed by atoms with Crippen LogP contribution in [0.1, 0.15) is 44.3 Å². The lowest BCUT2D eigenvalue weighted by atomic mass is 10.2. The number of benzene rings is 1. The molecule has 1 unspecified atom stereocenters. The first-order valence-corrected chi connectivity index (χ1v) is 7.35. The quantitative estimate of drug-likeness (QED) is 0.540. The number of fused-ring (bicyclic) bond motifs is 1. The number of unbranched alkanes of at least 4 members (excludes halogenated alkanes) is 2. The summed E-state index contributed by atoms with van der Waals surface area (Å²) in [6.45, 7) is 4.82. The molecule has 5 heteroatoms. The average molecular weight is 303 g/mol. The predicted molar refractivity (Wildman–Crippen MR) is 78.5 cm³/mol. The zero-order chi connectivity index (χ0) is 14.0. The fourth-order valence-electron chi connectivity index (χ4n) is 2.20. The van der Waals surface area contributed by atoms with Gasteiger partial charge >= 0.3 is 0 Å². The van der Waals surface area contributed by atoms with Gasteiger partial charge < -0.3 is 4.57 Å². The third-order valence-electron chi connectivity index (χ3n) is 3.16. The molecular formula is C14H17Cl2FN2. The first-order valence-electron chi connectivity index (χ1n) is 6.53. The van der Waals surface area contributed by atoms with E-state index < -0.39 is 5.82 Å². The van der Waals surface area contributed by atoms with Gasteiger partial charge in [0.25, 0.3) is 0 Å². The first kappa shape index (κ1) is 14.6. The maximum absolute atomic E-state index is 13.6. The molecule has 104 valence electrons. The highest BCUT2D eigenvalue weighted by Gasteiger charge is 2.16. The summed E-state index contributed by atoms with van der Waals surface area (Å²) in [5.74, 6) is 0.356. The summed E-state index contributed by atoms with van der Waals surface area (Å²) in [4.78, 5) is 4.47. The lowest BCUT2D eigenvalue weighted by molar-refractivity contribution is 0.588. The maximum Gasteiger partial charge on any atom is 0.144 e. The van der Waals surface area contributed by atoms with Crippen molar-refractivity contribution in [3.8, 4) is 0 Å². The minimum atomic E-state index is -0.417. The topological polar surface area (TPSA) is 17.8 Å². The molecule has 2 nitrogen and oxygen atoms in total. The molecule has 0 saturated heterocycles. The fourth-order valence-corrected chi connectivity index (χ4v) is 2.52. The van der Waals surface area contributed by atoms with Gasteiger partial charge in [0.1, 0.15) is 11.6 Å². The van der Waals surface area contributed by atoms with E-state index in [4.69, 9.17) is 23.2 Å². The fraction of sp³-hybridized carbons (Fsp3) is 0.500. The molecule has 0 N–H and O–H groups in total. The van der Waals surface area contributed by atoms with Gasteiger partial charge in [-0.2, -0.15) is 0 Å². The van der Waals surface area contributed by atoms with Crippen molar-refractivity contribution in [1.29, 1.82) is 0 Å².